The van der Waals surface area contributed by atoms with Crippen molar-refractivity contribution < 1.29 is 4.74 Å². The van der Waals surface area contributed by atoms with Crippen LogP contribution in [0.25, 0.3) is 0 Å². The molecule has 0 amide bonds. The number of aromatic amines is 1. The van der Waals surface area contributed by atoms with Crippen LogP contribution in [0.2, 0.25) is 0 Å². The van der Waals surface area contributed by atoms with Crippen LogP contribution in [0.3, 0.4) is 0 Å². The number of hydrogen-bond acceptors (Lipinski definition) is 3. The third-order valence-electron chi connectivity index (χ3n) is 2.25. The van der Waals surface area contributed by atoms with Crippen LogP contribution in [0.1, 0.15) is 31.3 Å². The zero-order valence-electron chi connectivity index (χ0n) is 9.68. The molecule has 0 saturated carbocycles. The van der Waals surface area contributed by atoms with Crippen LogP contribution in [0.15, 0.2) is 6.20 Å². The first-order chi connectivity index (χ1) is 7.36. The highest BCUT2D eigenvalue weighted by Crippen LogP contribution is 2.01. The van der Waals surface area contributed by atoms with Crippen molar-refractivity contribution in [3.63, 3.8) is 0 Å². The second-order valence-corrected chi connectivity index (χ2v) is 3.63. The number of imidazole rings is 1. The SMILES string of the molecule is CCCCc1ncc(CNCCOC)[nH]1. The molecule has 4 heteroatoms. The molecule has 0 aliphatic rings. The molecule has 0 aromatic carbocycles. The van der Waals surface area contributed by atoms with E-state index in [9.17, 15) is 0 Å². The summed E-state index contributed by atoms with van der Waals surface area (Å²) < 4.78 is 4.95. The molecule has 0 unspecified atom stereocenters. The lowest BCUT2D eigenvalue weighted by Crippen LogP contribution is -2.18. The molecule has 0 atom stereocenters. The van der Waals surface area contributed by atoms with Crippen LogP contribution in [-0.4, -0.2) is 30.2 Å². The van der Waals surface area contributed by atoms with E-state index in [2.05, 4.69) is 22.2 Å². The van der Waals surface area contributed by atoms with Crippen LogP contribution in [0.4, 0.5) is 0 Å². The van der Waals surface area contributed by atoms with Crippen LogP contribution < -0.4 is 5.32 Å². The average molecular weight is 211 g/mol. The average Bonchev–Trinajstić information content (AvgIpc) is 2.69. The van der Waals surface area contributed by atoms with Crippen LogP contribution in [0.5, 0.6) is 0 Å². The molecule has 0 aliphatic carbocycles. The zero-order chi connectivity index (χ0) is 10.9. The maximum Gasteiger partial charge on any atom is 0.106 e. The molecule has 0 saturated heterocycles. The Morgan fingerprint density at radius 2 is 2.40 bits per heavy atom. The van der Waals surface area contributed by atoms with E-state index < -0.39 is 0 Å². The van der Waals surface area contributed by atoms with Gasteiger partial charge in [-0.3, -0.25) is 0 Å². The molecule has 0 bridgehead atoms. The second kappa shape index (κ2) is 7.43. The van der Waals surface area contributed by atoms with Crippen LogP contribution in [-0.2, 0) is 17.7 Å². The number of aromatic nitrogens is 2. The Bertz CT molecular complexity index is 260. The number of methoxy groups -OCH3 is 1. The summed E-state index contributed by atoms with van der Waals surface area (Å²) in [5.41, 5.74) is 1.15. The molecule has 86 valence electrons. The summed E-state index contributed by atoms with van der Waals surface area (Å²) in [5, 5.41) is 3.28. The monoisotopic (exact) mass is 211 g/mol. The standard InChI is InChI=1S/C11H21N3O/c1-3-4-5-11-13-9-10(14-11)8-12-6-7-15-2/h9,12H,3-8H2,1-2H3,(H,13,14). The molecule has 2 N–H and O–H groups in total. The lowest BCUT2D eigenvalue weighted by Gasteiger charge is -2.01. The van der Waals surface area contributed by atoms with E-state index in [-0.39, 0.29) is 0 Å². The summed E-state index contributed by atoms with van der Waals surface area (Å²) in [6, 6.07) is 0. The summed E-state index contributed by atoms with van der Waals surface area (Å²) >= 11 is 0. The van der Waals surface area contributed by atoms with E-state index in [1.807, 2.05) is 6.20 Å². The van der Waals surface area contributed by atoms with Gasteiger partial charge in [-0.25, -0.2) is 4.98 Å². The fourth-order valence-corrected chi connectivity index (χ4v) is 1.36. The Kier molecular flexibility index (Phi) is 6.04. The van der Waals surface area contributed by atoms with Gasteiger partial charge in [0.15, 0.2) is 0 Å². The van der Waals surface area contributed by atoms with E-state index in [1.54, 1.807) is 7.11 Å². The van der Waals surface area contributed by atoms with Crippen LogP contribution >= 0.6 is 0 Å². The van der Waals surface area contributed by atoms with E-state index >= 15 is 0 Å². The lowest BCUT2D eigenvalue weighted by molar-refractivity contribution is 0.199. The fraction of sp³-hybridized carbons (Fsp3) is 0.727. The van der Waals surface area contributed by atoms with Crippen molar-refractivity contribution in [3.8, 4) is 0 Å². The highest BCUT2D eigenvalue weighted by atomic mass is 16.5. The predicted molar refractivity (Wildman–Crippen MR) is 60.8 cm³/mol. The molecular formula is C11H21N3O. The van der Waals surface area contributed by atoms with E-state index in [0.29, 0.717) is 0 Å². The fourth-order valence-electron chi connectivity index (χ4n) is 1.36. The van der Waals surface area contributed by atoms with Crippen molar-refractivity contribution in [3.05, 3.63) is 17.7 Å². The Balaban J connectivity index is 2.20. The molecule has 0 spiro atoms. The van der Waals surface area contributed by atoms with Crippen molar-refractivity contribution in [2.75, 3.05) is 20.3 Å². The van der Waals surface area contributed by atoms with Crippen molar-refractivity contribution >= 4 is 0 Å². The van der Waals surface area contributed by atoms with Gasteiger partial charge < -0.3 is 15.0 Å². The number of hydrogen-bond donors (Lipinski definition) is 2. The molecule has 0 aliphatic heterocycles. The molecule has 1 heterocycles. The van der Waals surface area contributed by atoms with E-state index in [4.69, 9.17) is 4.74 Å². The highest BCUT2D eigenvalue weighted by Gasteiger charge is 1.99. The lowest BCUT2D eigenvalue weighted by atomic mass is 10.2. The third kappa shape index (κ3) is 4.95. The van der Waals surface area contributed by atoms with Gasteiger partial charge >= 0.3 is 0 Å². The highest BCUT2D eigenvalue weighted by molar-refractivity contribution is 5.00. The van der Waals surface area contributed by atoms with Gasteiger partial charge in [0, 0.05) is 38.5 Å². The topological polar surface area (TPSA) is 49.9 Å². The van der Waals surface area contributed by atoms with Crippen LogP contribution in [0, 0.1) is 0 Å². The number of rotatable bonds is 8. The summed E-state index contributed by atoms with van der Waals surface area (Å²) in [4.78, 5) is 7.64. The van der Waals surface area contributed by atoms with E-state index in [0.717, 1.165) is 37.6 Å². The molecular weight excluding hydrogens is 190 g/mol. The number of nitrogens with one attached hydrogen (secondary N) is 2. The Morgan fingerprint density at radius 1 is 1.53 bits per heavy atom. The van der Waals surface area contributed by atoms with Crippen molar-refractivity contribution in [2.45, 2.75) is 32.7 Å². The van der Waals surface area contributed by atoms with Gasteiger partial charge in [-0.05, 0) is 6.42 Å². The first kappa shape index (κ1) is 12.2. The van der Waals surface area contributed by atoms with Gasteiger partial charge in [-0.1, -0.05) is 13.3 Å². The maximum absolute atomic E-state index is 4.95. The minimum absolute atomic E-state index is 0.747. The van der Waals surface area contributed by atoms with Crippen molar-refractivity contribution in [1.82, 2.24) is 15.3 Å². The normalized spacial score (nSPS) is 10.8. The van der Waals surface area contributed by atoms with Gasteiger partial charge in [-0.2, -0.15) is 0 Å². The maximum atomic E-state index is 4.95. The smallest absolute Gasteiger partial charge is 0.106 e. The quantitative estimate of drug-likeness (QED) is 0.640. The predicted octanol–water partition coefficient (Wildman–Crippen LogP) is 1.49. The Morgan fingerprint density at radius 3 is 3.13 bits per heavy atom. The molecule has 0 radical (unpaired) electrons. The Labute approximate surface area is 91.4 Å². The molecule has 15 heavy (non-hydrogen) atoms. The number of ether oxygens (including phenoxy) is 1. The minimum Gasteiger partial charge on any atom is -0.383 e. The summed E-state index contributed by atoms with van der Waals surface area (Å²) in [6.45, 7) is 4.65. The number of H-pyrrole nitrogens is 1. The first-order valence-electron chi connectivity index (χ1n) is 5.59. The summed E-state index contributed by atoms with van der Waals surface area (Å²) in [7, 11) is 1.71. The van der Waals surface area contributed by atoms with Gasteiger partial charge in [-0.15, -0.1) is 0 Å². The molecule has 1 aromatic heterocycles. The largest absolute Gasteiger partial charge is 0.383 e. The molecule has 0 fully saturated rings. The van der Waals surface area contributed by atoms with Crippen molar-refractivity contribution in [1.29, 1.82) is 0 Å². The van der Waals surface area contributed by atoms with E-state index in [1.165, 1.54) is 12.8 Å². The van der Waals surface area contributed by atoms with Gasteiger partial charge in [0.25, 0.3) is 0 Å². The molecule has 4 nitrogen and oxygen atoms in total. The van der Waals surface area contributed by atoms with Crippen molar-refractivity contribution in [2.24, 2.45) is 0 Å². The summed E-state index contributed by atoms with van der Waals surface area (Å²) in [5.74, 6) is 1.10. The minimum atomic E-state index is 0.747. The van der Waals surface area contributed by atoms with Gasteiger partial charge in [0.2, 0.25) is 0 Å². The Hall–Kier alpha value is -0.870. The number of aryl methyl sites for hydroxylation is 1. The second-order valence-electron chi connectivity index (χ2n) is 3.63. The van der Waals surface area contributed by atoms with Gasteiger partial charge in [0.05, 0.1) is 6.61 Å². The third-order valence-corrected chi connectivity index (χ3v) is 2.25. The number of unbranched alkanes of at least 4 members (excludes halogenated alkanes) is 1. The first-order valence-corrected chi connectivity index (χ1v) is 5.59. The van der Waals surface area contributed by atoms with Gasteiger partial charge in [0.1, 0.15) is 5.82 Å². The summed E-state index contributed by atoms with van der Waals surface area (Å²) in [6.07, 6.45) is 5.37. The zero-order valence-corrected chi connectivity index (χ0v) is 9.68. The molecule has 1 aromatic rings. The number of nitrogens with zero attached hydrogens (tertiary/aromatic N) is 1. The molecule has 1 rings (SSSR count).